The molecule has 0 radical (unpaired) electrons. The summed E-state index contributed by atoms with van der Waals surface area (Å²) in [6.07, 6.45) is -1.55. The minimum Gasteiger partial charge on any atom is -0.495 e. The molecule has 1 unspecified atom stereocenters. The van der Waals surface area contributed by atoms with Crippen LogP contribution in [-0.2, 0) is 0 Å². The predicted molar refractivity (Wildman–Crippen MR) is 75.0 cm³/mol. The van der Waals surface area contributed by atoms with Gasteiger partial charge in [0.2, 0.25) is 0 Å². The van der Waals surface area contributed by atoms with Crippen LogP contribution >= 0.6 is 11.6 Å². The van der Waals surface area contributed by atoms with Crippen LogP contribution < -0.4 is 9.47 Å². The second-order valence-electron chi connectivity index (χ2n) is 4.24. The lowest BCUT2D eigenvalue weighted by Crippen LogP contribution is -2.08. The molecule has 6 heteroatoms. The van der Waals surface area contributed by atoms with Gasteiger partial charge in [0.15, 0.2) is 0 Å². The lowest BCUT2D eigenvalue weighted by Gasteiger charge is -2.18. The number of methoxy groups -OCH3 is 2. The minimum absolute atomic E-state index is 0.103. The monoisotopic (exact) mass is 314 g/mol. The second kappa shape index (κ2) is 6.28. The Kier molecular flexibility index (Phi) is 4.65. The third-order valence-corrected chi connectivity index (χ3v) is 3.44. The van der Waals surface area contributed by atoms with Crippen molar-refractivity contribution in [2.75, 3.05) is 14.2 Å². The van der Waals surface area contributed by atoms with Crippen LogP contribution in [0.25, 0.3) is 0 Å². The Labute approximate surface area is 125 Å². The van der Waals surface area contributed by atoms with Gasteiger partial charge < -0.3 is 14.6 Å². The first kappa shape index (κ1) is 15.5. The molecule has 0 bridgehead atoms. The van der Waals surface area contributed by atoms with E-state index in [1.165, 1.54) is 32.4 Å². The average Bonchev–Trinajstić information content (AvgIpc) is 2.46. The fourth-order valence-corrected chi connectivity index (χ4v) is 2.39. The SMILES string of the molecule is COc1ccc(C(O)c2c(F)cccc2F)c(OC)c1Cl. The van der Waals surface area contributed by atoms with Gasteiger partial charge in [-0.15, -0.1) is 0 Å². The van der Waals surface area contributed by atoms with Crippen LogP contribution in [0.4, 0.5) is 8.78 Å². The Balaban J connectivity index is 2.59. The number of aliphatic hydroxyl groups excluding tert-OH is 1. The fourth-order valence-electron chi connectivity index (χ4n) is 2.06. The van der Waals surface area contributed by atoms with E-state index in [1.54, 1.807) is 0 Å². The zero-order chi connectivity index (χ0) is 15.6. The van der Waals surface area contributed by atoms with Crippen LogP contribution in [0.2, 0.25) is 5.02 Å². The lowest BCUT2D eigenvalue weighted by molar-refractivity contribution is 0.204. The molecule has 1 N–H and O–H groups in total. The van der Waals surface area contributed by atoms with Gasteiger partial charge in [0, 0.05) is 5.56 Å². The Morgan fingerprint density at radius 1 is 1.05 bits per heavy atom. The molecule has 0 aliphatic heterocycles. The Bertz CT molecular complexity index is 641. The van der Waals surface area contributed by atoms with Crippen molar-refractivity contribution in [3.8, 4) is 11.5 Å². The molecule has 112 valence electrons. The van der Waals surface area contributed by atoms with Crippen molar-refractivity contribution in [1.29, 1.82) is 0 Å². The third kappa shape index (κ3) is 2.80. The van der Waals surface area contributed by atoms with Gasteiger partial charge in [-0.25, -0.2) is 8.78 Å². The highest BCUT2D eigenvalue weighted by Crippen LogP contribution is 2.41. The third-order valence-electron chi connectivity index (χ3n) is 3.08. The normalized spacial score (nSPS) is 12.1. The van der Waals surface area contributed by atoms with E-state index in [9.17, 15) is 13.9 Å². The van der Waals surface area contributed by atoms with E-state index in [-0.39, 0.29) is 16.3 Å². The van der Waals surface area contributed by atoms with Crippen LogP contribution in [0.3, 0.4) is 0 Å². The molecule has 1 atom stereocenters. The first-order valence-electron chi connectivity index (χ1n) is 6.03. The molecule has 0 aliphatic carbocycles. The molecule has 0 saturated carbocycles. The Morgan fingerprint density at radius 3 is 2.19 bits per heavy atom. The van der Waals surface area contributed by atoms with Crippen LogP contribution in [0, 0.1) is 11.6 Å². The van der Waals surface area contributed by atoms with Gasteiger partial charge in [-0.3, -0.25) is 0 Å². The van der Waals surface area contributed by atoms with Gasteiger partial charge in [0.1, 0.15) is 34.3 Å². The molecule has 2 aromatic carbocycles. The van der Waals surface area contributed by atoms with Crippen molar-refractivity contribution in [3.63, 3.8) is 0 Å². The summed E-state index contributed by atoms with van der Waals surface area (Å²) in [6.45, 7) is 0. The number of ether oxygens (including phenoxy) is 2. The molecule has 0 amide bonds. The number of rotatable bonds is 4. The summed E-state index contributed by atoms with van der Waals surface area (Å²) in [7, 11) is 2.77. The van der Waals surface area contributed by atoms with Crippen molar-refractivity contribution in [1.82, 2.24) is 0 Å². The van der Waals surface area contributed by atoms with Crippen LogP contribution in [0.1, 0.15) is 17.2 Å². The summed E-state index contributed by atoms with van der Waals surface area (Å²) < 4.78 is 37.7. The molecular weight excluding hydrogens is 302 g/mol. The van der Waals surface area contributed by atoms with Gasteiger partial charge in [-0.2, -0.15) is 0 Å². The molecule has 21 heavy (non-hydrogen) atoms. The van der Waals surface area contributed by atoms with E-state index >= 15 is 0 Å². The van der Waals surface area contributed by atoms with Crippen molar-refractivity contribution in [2.45, 2.75) is 6.10 Å². The lowest BCUT2D eigenvalue weighted by atomic mass is 9.99. The Hall–Kier alpha value is -1.85. The summed E-state index contributed by atoms with van der Waals surface area (Å²) in [5.74, 6) is -1.27. The highest BCUT2D eigenvalue weighted by molar-refractivity contribution is 6.33. The van der Waals surface area contributed by atoms with Gasteiger partial charge in [-0.1, -0.05) is 17.7 Å². The van der Waals surface area contributed by atoms with Gasteiger partial charge in [0.05, 0.1) is 19.8 Å². The van der Waals surface area contributed by atoms with Crippen LogP contribution in [0.15, 0.2) is 30.3 Å². The Morgan fingerprint density at radius 2 is 1.67 bits per heavy atom. The van der Waals surface area contributed by atoms with Gasteiger partial charge >= 0.3 is 0 Å². The zero-order valence-corrected chi connectivity index (χ0v) is 12.1. The molecule has 0 fully saturated rings. The molecule has 0 aliphatic rings. The van der Waals surface area contributed by atoms with Gasteiger partial charge in [0.25, 0.3) is 0 Å². The van der Waals surface area contributed by atoms with Crippen LogP contribution in [-0.4, -0.2) is 19.3 Å². The van der Waals surface area contributed by atoms with E-state index in [0.717, 1.165) is 12.1 Å². The van der Waals surface area contributed by atoms with E-state index < -0.39 is 23.3 Å². The highest BCUT2D eigenvalue weighted by atomic mass is 35.5. The number of hydrogen-bond donors (Lipinski definition) is 1. The maximum atomic E-state index is 13.8. The average molecular weight is 315 g/mol. The van der Waals surface area contributed by atoms with Gasteiger partial charge in [-0.05, 0) is 24.3 Å². The second-order valence-corrected chi connectivity index (χ2v) is 4.62. The van der Waals surface area contributed by atoms with E-state index in [1.807, 2.05) is 0 Å². The summed E-state index contributed by atoms with van der Waals surface area (Å²) in [5.41, 5.74) is -0.315. The molecule has 0 heterocycles. The summed E-state index contributed by atoms with van der Waals surface area (Å²) >= 11 is 6.08. The van der Waals surface area contributed by atoms with Crippen LogP contribution in [0.5, 0.6) is 11.5 Å². The molecule has 3 nitrogen and oxygen atoms in total. The number of halogens is 3. The smallest absolute Gasteiger partial charge is 0.147 e. The predicted octanol–water partition coefficient (Wildman–Crippen LogP) is 3.72. The van der Waals surface area contributed by atoms with E-state index in [4.69, 9.17) is 21.1 Å². The molecule has 0 aromatic heterocycles. The molecule has 0 saturated heterocycles. The first-order chi connectivity index (χ1) is 10.0. The fraction of sp³-hybridized carbons (Fsp3) is 0.200. The number of aliphatic hydroxyl groups is 1. The molecule has 0 spiro atoms. The summed E-state index contributed by atoms with van der Waals surface area (Å²) in [6, 6.07) is 6.29. The largest absolute Gasteiger partial charge is 0.495 e. The maximum Gasteiger partial charge on any atom is 0.147 e. The molecule has 2 rings (SSSR count). The quantitative estimate of drug-likeness (QED) is 0.935. The standard InChI is InChI=1S/C15H13ClF2O3/c1-20-11-7-6-8(15(21-2)13(11)16)14(19)12-9(17)4-3-5-10(12)18/h3-7,14,19H,1-2H3. The molecular formula is C15H13ClF2O3. The number of hydrogen-bond acceptors (Lipinski definition) is 3. The van der Waals surface area contributed by atoms with Crippen molar-refractivity contribution in [2.24, 2.45) is 0 Å². The van der Waals surface area contributed by atoms with Crippen molar-refractivity contribution >= 4 is 11.6 Å². The van der Waals surface area contributed by atoms with E-state index in [0.29, 0.717) is 5.75 Å². The highest BCUT2D eigenvalue weighted by Gasteiger charge is 2.25. The molecule has 2 aromatic rings. The zero-order valence-electron chi connectivity index (χ0n) is 11.4. The first-order valence-corrected chi connectivity index (χ1v) is 6.41. The number of benzene rings is 2. The van der Waals surface area contributed by atoms with E-state index in [2.05, 4.69) is 0 Å². The topological polar surface area (TPSA) is 38.7 Å². The maximum absolute atomic E-state index is 13.8. The summed E-state index contributed by atoms with van der Waals surface area (Å²) in [4.78, 5) is 0. The minimum atomic E-state index is -1.55. The summed E-state index contributed by atoms with van der Waals surface area (Å²) in [5, 5.41) is 10.4. The van der Waals surface area contributed by atoms with Crippen molar-refractivity contribution in [3.05, 3.63) is 58.1 Å². The van der Waals surface area contributed by atoms with Crippen molar-refractivity contribution < 1.29 is 23.4 Å².